The summed E-state index contributed by atoms with van der Waals surface area (Å²) in [7, 11) is 0. The Labute approximate surface area is 170 Å². The van der Waals surface area contributed by atoms with Crippen LogP contribution in [-0.4, -0.2) is 64.9 Å². The predicted molar refractivity (Wildman–Crippen MR) is 112 cm³/mol. The highest BCUT2D eigenvalue weighted by Gasteiger charge is 2.36. The summed E-state index contributed by atoms with van der Waals surface area (Å²) in [5.74, 6) is -1.26. The van der Waals surface area contributed by atoms with Crippen LogP contribution in [0.15, 0.2) is 54.6 Å². The number of carbonyl (C=O) groups is 2. The minimum Gasteiger partial charge on any atom is -0.480 e. The second-order valence-electron chi connectivity index (χ2n) is 7.76. The lowest BCUT2D eigenvalue weighted by Crippen LogP contribution is -2.59. The molecule has 154 valence electrons. The van der Waals surface area contributed by atoms with Gasteiger partial charge in [0.2, 0.25) is 0 Å². The molecule has 1 saturated heterocycles. The van der Waals surface area contributed by atoms with Crippen LogP contribution in [0, 0.1) is 0 Å². The molecule has 0 bridgehead atoms. The quantitative estimate of drug-likeness (QED) is 0.721. The number of carbonyl (C=O) groups excluding carboxylic acids is 1. The molecular weight excluding hydrogens is 370 g/mol. The van der Waals surface area contributed by atoms with Gasteiger partial charge in [-0.1, -0.05) is 42.5 Å². The molecule has 1 heterocycles. The van der Waals surface area contributed by atoms with Gasteiger partial charge in [0.25, 0.3) is 0 Å². The fourth-order valence-corrected chi connectivity index (χ4v) is 3.42. The van der Waals surface area contributed by atoms with Crippen molar-refractivity contribution in [1.29, 1.82) is 0 Å². The minimum absolute atomic E-state index is 0.474. The van der Waals surface area contributed by atoms with Gasteiger partial charge in [-0.25, -0.2) is 9.59 Å². The molecule has 0 spiro atoms. The third-order valence-electron chi connectivity index (χ3n) is 5.13. The lowest BCUT2D eigenvalue weighted by molar-refractivity contribution is -0.145. The first-order chi connectivity index (χ1) is 13.8. The standard InChI is InChI=1S/C22H27N3O4/c1-22(2,29)19(20(26)27)23-21(28)25-14-12-24(13-15-25)18-10-8-17(9-11-18)16-6-4-3-5-7-16/h3-11,19,29H,12-15H2,1-2H3,(H,23,28)(H,26,27)/t19-/m1/s1. The van der Waals surface area contributed by atoms with Crippen molar-refractivity contribution >= 4 is 17.7 Å². The molecule has 29 heavy (non-hydrogen) atoms. The van der Waals surface area contributed by atoms with E-state index in [-0.39, 0.29) is 0 Å². The van der Waals surface area contributed by atoms with Crippen molar-refractivity contribution < 1.29 is 19.8 Å². The molecular formula is C22H27N3O4. The van der Waals surface area contributed by atoms with Gasteiger partial charge >= 0.3 is 12.0 Å². The Morgan fingerprint density at radius 3 is 2.00 bits per heavy atom. The number of hydrogen-bond acceptors (Lipinski definition) is 4. The Hall–Kier alpha value is -3.06. The molecule has 1 fully saturated rings. The van der Waals surface area contributed by atoms with Gasteiger partial charge in [-0.15, -0.1) is 0 Å². The number of benzene rings is 2. The maximum atomic E-state index is 12.4. The molecule has 0 radical (unpaired) electrons. The predicted octanol–water partition coefficient (Wildman–Crippen LogP) is 2.41. The Morgan fingerprint density at radius 1 is 0.931 bits per heavy atom. The maximum Gasteiger partial charge on any atom is 0.329 e. The van der Waals surface area contributed by atoms with Crippen molar-refractivity contribution in [3.05, 3.63) is 54.6 Å². The summed E-state index contributed by atoms with van der Waals surface area (Å²) in [4.78, 5) is 27.5. The Kier molecular flexibility index (Phi) is 6.08. The number of piperazine rings is 1. The zero-order chi connectivity index (χ0) is 21.0. The zero-order valence-electron chi connectivity index (χ0n) is 16.7. The molecule has 2 aromatic rings. The normalized spacial score (nSPS) is 15.7. The van der Waals surface area contributed by atoms with Crippen molar-refractivity contribution in [2.45, 2.75) is 25.5 Å². The van der Waals surface area contributed by atoms with Crippen LogP contribution >= 0.6 is 0 Å². The second-order valence-corrected chi connectivity index (χ2v) is 7.76. The van der Waals surface area contributed by atoms with E-state index in [4.69, 9.17) is 0 Å². The number of carboxylic acid groups (broad SMARTS) is 1. The van der Waals surface area contributed by atoms with Crippen LogP contribution in [0.3, 0.4) is 0 Å². The van der Waals surface area contributed by atoms with Crippen LogP contribution in [0.4, 0.5) is 10.5 Å². The van der Waals surface area contributed by atoms with E-state index in [1.807, 2.05) is 18.2 Å². The molecule has 0 unspecified atom stereocenters. The zero-order valence-corrected chi connectivity index (χ0v) is 16.7. The van der Waals surface area contributed by atoms with Crippen LogP contribution < -0.4 is 10.2 Å². The van der Waals surface area contributed by atoms with Crippen molar-refractivity contribution in [3.8, 4) is 11.1 Å². The van der Waals surface area contributed by atoms with Crippen molar-refractivity contribution in [3.63, 3.8) is 0 Å². The number of carboxylic acids is 1. The Balaban J connectivity index is 1.57. The summed E-state index contributed by atoms with van der Waals surface area (Å²) in [6, 6.07) is 16.7. The highest BCUT2D eigenvalue weighted by molar-refractivity contribution is 5.83. The fourth-order valence-electron chi connectivity index (χ4n) is 3.42. The summed E-state index contributed by atoms with van der Waals surface area (Å²) >= 11 is 0. The smallest absolute Gasteiger partial charge is 0.329 e. The van der Waals surface area contributed by atoms with Crippen molar-refractivity contribution in [2.75, 3.05) is 31.1 Å². The number of anilines is 1. The molecule has 2 amide bonds. The summed E-state index contributed by atoms with van der Waals surface area (Å²) in [5, 5.41) is 21.6. The highest BCUT2D eigenvalue weighted by atomic mass is 16.4. The maximum absolute atomic E-state index is 12.4. The van der Waals surface area contributed by atoms with Gasteiger partial charge in [-0.3, -0.25) is 0 Å². The Morgan fingerprint density at radius 2 is 1.48 bits per heavy atom. The van der Waals surface area contributed by atoms with Crippen LogP contribution in [0.25, 0.3) is 11.1 Å². The number of hydrogen-bond donors (Lipinski definition) is 3. The number of aliphatic carboxylic acids is 1. The average Bonchev–Trinajstić information content (AvgIpc) is 2.71. The lowest BCUT2D eigenvalue weighted by Gasteiger charge is -2.37. The van der Waals surface area contributed by atoms with Gasteiger partial charge in [-0.05, 0) is 37.1 Å². The summed E-state index contributed by atoms with van der Waals surface area (Å²) in [6.45, 7) is 4.98. The first kappa shape index (κ1) is 20.7. The van der Waals surface area contributed by atoms with E-state index < -0.39 is 23.6 Å². The SMILES string of the molecule is CC(C)(O)[C@H](NC(=O)N1CCN(c2ccc(-c3ccccc3)cc2)CC1)C(=O)O. The number of rotatable bonds is 5. The number of nitrogens with zero attached hydrogens (tertiary/aromatic N) is 2. The fraction of sp³-hybridized carbons (Fsp3) is 0.364. The van der Waals surface area contributed by atoms with Crippen LogP contribution in [-0.2, 0) is 4.79 Å². The van der Waals surface area contributed by atoms with Gasteiger partial charge in [0.1, 0.15) is 0 Å². The third kappa shape index (κ3) is 5.06. The number of aliphatic hydroxyl groups is 1. The van der Waals surface area contributed by atoms with Crippen LogP contribution in [0.1, 0.15) is 13.8 Å². The van der Waals surface area contributed by atoms with Gasteiger partial charge < -0.3 is 25.3 Å². The topological polar surface area (TPSA) is 93.1 Å². The Bertz CT molecular complexity index is 839. The first-order valence-electron chi connectivity index (χ1n) is 9.67. The molecule has 7 heteroatoms. The molecule has 3 rings (SSSR count). The monoisotopic (exact) mass is 397 g/mol. The van der Waals surface area contributed by atoms with Gasteiger partial charge in [-0.2, -0.15) is 0 Å². The van der Waals surface area contributed by atoms with E-state index in [2.05, 4.69) is 46.6 Å². The molecule has 0 aromatic heterocycles. The first-order valence-corrected chi connectivity index (χ1v) is 9.67. The largest absolute Gasteiger partial charge is 0.480 e. The molecule has 7 nitrogen and oxygen atoms in total. The third-order valence-corrected chi connectivity index (χ3v) is 5.13. The molecule has 3 N–H and O–H groups in total. The van der Waals surface area contributed by atoms with Crippen molar-refractivity contribution in [1.82, 2.24) is 10.2 Å². The van der Waals surface area contributed by atoms with E-state index in [9.17, 15) is 19.8 Å². The van der Waals surface area contributed by atoms with E-state index in [1.165, 1.54) is 19.4 Å². The molecule has 1 aliphatic rings. The molecule has 0 aliphatic carbocycles. The molecule has 2 aromatic carbocycles. The summed E-state index contributed by atoms with van der Waals surface area (Å²) in [5.41, 5.74) is 1.85. The van der Waals surface area contributed by atoms with Gasteiger partial charge in [0, 0.05) is 31.9 Å². The average molecular weight is 397 g/mol. The molecule has 1 aliphatic heterocycles. The van der Waals surface area contributed by atoms with Crippen molar-refractivity contribution in [2.24, 2.45) is 0 Å². The second kappa shape index (κ2) is 8.53. The molecule has 1 atom stereocenters. The number of nitrogens with one attached hydrogen (secondary N) is 1. The summed E-state index contributed by atoms with van der Waals surface area (Å²) < 4.78 is 0. The van der Waals surface area contributed by atoms with E-state index in [1.54, 1.807) is 4.90 Å². The van der Waals surface area contributed by atoms with Crippen LogP contribution in [0.5, 0.6) is 0 Å². The highest BCUT2D eigenvalue weighted by Crippen LogP contribution is 2.24. The minimum atomic E-state index is -1.55. The van der Waals surface area contributed by atoms with E-state index in [0.717, 1.165) is 11.3 Å². The number of amides is 2. The van der Waals surface area contributed by atoms with Gasteiger partial charge in [0.15, 0.2) is 6.04 Å². The summed E-state index contributed by atoms with van der Waals surface area (Å²) in [6.07, 6.45) is 0. The van der Waals surface area contributed by atoms with E-state index in [0.29, 0.717) is 26.2 Å². The van der Waals surface area contributed by atoms with Gasteiger partial charge in [0.05, 0.1) is 5.60 Å². The van der Waals surface area contributed by atoms with E-state index >= 15 is 0 Å². The molecule has 0 saturated carbocycles. The number of urea groups is 1. The van der Waals surface area contributed by atoms with Crippen LogP contribution in [0.2, 0.25) is 0 Å². The lowest BCUT2D eigenvalue weighted by atomic mass is 9.99.